The molecule has 1 amide bonds. The first kappa shape index (κ1) is 27.4. The summed E-state index contributed by atoms with van der Waals surface area (Å²) in [4.78, 5) is 24.8. The van der Waals surface area contributed by atoms with Crippen molar-refractivity contribution < 1.29 is 37.0 Å². The van der Waals surface area contributed by atoms with Crippen LogP contribution in [0.3, 0.4) is 0 Å². The molecule has 0 saturated carbocycles. The maximum Gasteiger partial charge on any atom is 0.428 e. The molecule has 0 atom stereocenters. The van der Waals surface area contributed by atoms with Crippen LogP contribution < -0.4 is 10.2 Å². The highest BCUT2D eigenvalue weighted by atomic mass is 19.2. The fourth-order valence-corrected chi connectivity index (χ4v) is 3.31. The molecule has 0 aliphatic rings. The van der Waals surface area contributed by atoms with Gasteiger partial charge in [-0.2, -0.15) is 0 Å². The number of anilines is 1. The fourth-order valence-electron chi connectivity index (χ4n) is 3.31. The quantitative estimate of drug-likeness (QED) is 0.225. The molecule has 0 bridgehead atoms. The number of nitrogens with zero attached hydrogens (tertiary/aromatic N) is 1. The lowest BCUT2D eigenvalue weighted by molar-refractivity contribution is 0.0337. The van der Waals surface area contributed by atoms with E-state index in [-0.39, 0.29) is 23.4 Å². The Bertz CT molecular complexity index is 1290. The van der Waals surface area contributed by atoms with Crippen LogP contribution in [0.25, 0.3) is 11.1 Å². The first-order valence-corrected chi connectivity index (χ1v) is 11.2. The van der Waals surface area contributed by atoms with E-state index in [2.05, 4.69) is 5.43 Å². The molecule has 37 heavy (non-hydrogen) atoms. The highest BCUT2D eigenvalue weighted by Gasteiger charge is 2.23. The molecule has 0 aliphatic carbocycles. The van der Waals surface area contributed by atoms with Crippen LogP contribution in [-0.2, 0) is 16.1 Å². The number of halogens is 3. The highest BCUT2D eigenvalue weighted by Crippen LogP contribution is 2.29. The Hall–Kier alpha value is -4.21. The van der Waals surface area contributed by atoms with Gasteiger partial charge in [-0.3, -0.25) is 5.43 Å². The largest absolute Gasteiger partial charge is 0.489 e. The van der Waals surface area contributed by atoms with Gasteiger partial charge in [-0.1, -0.05) is 24.3 Å². The van der Waals surface area contributed by atoms with Gasteiger partial charge in [-0.15, -0.1) is 0 Å². The lowest BCUT2D eigenvalue weighted by Gasteiger charge is -2.27. The first-order chi connectivity index (χ1) is 17.4. The third kappa shape index (κ3) is 6.93. The molecule has 0 radical (unpaired) electrons. The minimum atomic E-state index is -1.27. The van der Waals surface area contributed by atoms with Crippen molar-refractivity contribution in [2.24, 2.45) is 0 Å². The molecule has 0 spiro atoms. The average molecular weight is 517 g/mol. The van der Waals surface area contributed by atoms with E-state index in [1.54, 1.807) is 45.0 Å². The summed E-state index contributed by atoms with van der Waals surface area (Å²) in [5.41, 5.74) is 3.36. The molecule has 0 saturated heterocycles. The SMILES string of the molecule is COC(=O)c1cccc(COc2ccc(-c3cc(F)c(F)cc3F)cc2)c1NN(C)C(=O)OC(C)(C)C. The number of amides is 1. The van der Waals surface area contributed by atoms with Crippen LogP contribution in [0.5, 0.6) is 5.75 Å². The number of esters is 1. The van der Waals surface area contributed by atoms with Crippen LogP contribution in [0, 0.1) is 17.5 Å². The molecule has 10 heteroatoms. The van der Waals surface area contributed by atoms with Crippen molar-refractivity contribution in [2.45, 2.75) is 33.0 Å². The van der Waals surface area contributed by atoms with E-state index >= 15 is 0 Å². The summed E-state index contributed by atoms with van der Waals surface area (Å²) in [5.74, 6) is -3.55. The number of benzene rings is 3. The van der Waals surface area contributed by atoms with Crippen LogP contribution in [0.15, 0.2) is 54.6 Å². The second kappa shape index (κ2) is 11.2. The van der Waals surface area contributed by atoms with Crippen molar-refractivity contribution in [1.29, 1.82) is 0 Å². The zero-order valence-corrected chi connectivity index (χ0v) is 21.0. The number of nitrogens with one attached hydrogen (secondary N) is 1. The Labute approximate surface area is 212 Å². The topological polar surface area (TPSA) is 77.1 Å². The molecule has 196 valence electrons. The predicted molar refractivity (Wildman–Crippen MR) is 131 cm³/mol. The summed E-state index contributed by atoms with van der Waals surface area (Å²) in [7, 11) is 2.69. The van der Waals surface area contributed by atoms with Gasteiger partial charge in [0.25, 0.3) is 0 Å². The lowest BCUT2D eigenvalue weighted by atomic mass is 10.0. The molecule has 0 aromatic heterocycles. The molecule has 0 fully saturated rings. The van der Waals surface area contributed by atoms with Gasteiger partial charge in [0.05, 0.1) is 18.4 Å². The molecule has 3 aromatic rings. The molecule has 0 aliphatic heterocycles. The number of hydrogen-bond acceptors (Lipinski definition) is 6. The maximum absolute atomic E-state index is 14.1. The van der Waals surface area contributed by atoms with Crippen LogP contribution in [0.2, 0.25) is 0 Å². The van der Waals surface area contributed by atoms with Gasteiger partial charge in [0, 0.05) is 24.2 Å². The normalized spacial score (nSPS) is 11.0. The number of carbonyl (C=O) groups is 2. The number of methoxy groups -OCH3 is 1. The van der Waals surface area contributed by atoms with E-state index in [0.29, 0.717) is 22.9 Å². The summed E-state index contributed by atoms with van der Waals surface area (Å²) >= 11 is 0. The number of para-hydroxylation sites is 1. The Morgan fingerprint density at radius 2 is 1.59 bits per heavy atom. The van der Waals surface area contributed by atoms with E-state index in [4.69, 9.17) is 14.2 Å². The highest BCUT2D eigenvalue weighted by molar-refractivity contribution is 5.96. The van der Waals surface area contributed by atoms with Gasteiger partial charge in [-0.05, 0) is 50.6 Å². The van der Waals surface area contributed by atoms with Gasteiger partial charge < -0.3 is 14.2 Å². The predicted octanol–water partition coefficient (Wildman–Crippen LogP) is 6.33. The second-order valence-corrected chi connectivity index (χ2v) is 9.04. The van der Waals surface area contributed by atoms with Gasteiger partial charge in [0.15, 0.2) is 11.6 Å². The molecule has 0 unspecified atom stereocenters. The Morgan fingerprint density at radius 1 is 0.946 bits per heavy atom. The third-order valence-electron chi connectivity index (χ3n) is 5.07. The number of hydrogen-bond donors (Lipinski definition) is 1. The van der Waals surface area contributed by atoms with Crippen molar-refractivity contribution in [3.05, 3.63) is 83.2 Å². The van der Waals surface area contributed by atoms with Crippen LogP contribution in [-0.4, -0.2) is 36.8 Å². The molecule has 1 N–H and O–H groups in total. The van der Waals surface area contributed by atoms with Crippen molar-refractivity contribution in [1.82, 2.24) is 5.01 Å². The summed E-state index contributed by atoms with van der Waals surface area (Å²) in [6, 6.07) is 12.2. The second-order valence-electron chi connectivity index (χ2n) is 9.04. The molecular formula is C27H27F3N2O5. The van der Waals surface area contributed by atoms with Crippen LogP contribution in [0.1, 0.15) is 36.7 Å². The van der Waals surface area contributed by atoms with E-state index < -0.39 is 35.1 Å². The summed E-state index contributed by atoms with van der Waals surface area (Å²) in [5, 5.41) is 1.10. The van der Waals surface area contributed by atoms with Crippen molar-refractivity contribution in [3.63, 3.8) is 0 Å². The molecular weight excluding hydrogens is 489 g/mol. The van der Waals surface area contributed by atoms with Crippen LogP contribution >= 0.6 is 0 Å². The number of rotatable bonds is 7. The Balaban J connectivity index is 1.82. The fraction of sp³-hybridized carbons (Fsp3) is 0.259. The zero-order valence-electron chi connectivity index (χ0n) is 21.0. The third-order valence-corrected chi connectivity index (χ3v) is 5.07. The number of carbonyl (C=O) groups excluding carboxylic acids is 2. The van der Waals surface area contributed by atoms with E-state index in [1.165, 1.54) is 32.4 Å². The molecule has 3 rings (SSSR count). The zero-order chi connectivity index (χ0) is 27.3. The summed E-state index contributed by atoms with van der Waals surface area (Å²) in [6.45, 7) is 5.17. The smallest absolute Gasteiger partial charge is 0.428 e. The standard InChI is InChI=1S/C27H27F3N2O5/c1-27(2,3)37-26(34)32(4)31-24-17(7-6-8-19(24)25(33)35-5)15-36-18-11-9-16(10-12-18)20-13-22(29)23(30)14-21(20)28/h6-14,31H,15H2,1-5H3. The number of hydrazine groups is 1. The van der Waals surface area contributed by atoms with Gasteiger partial charge in [0.2, 0.25) is 0 Å². The van der Waals surface area contributed by atoms with Crippen LogP contribution in [0.4, 0.5) is 23.7 Å². The average Bonchev–Trinajstić information content (AvgIpc) is 2.84. The van der Waals surface area contributed by atoms with Crippen molar-refractivity contribution in [2.75, 3.05) is 19.6 Å². The number of ether oxygens (including phenoxy) is 3. The van der Waals surface area contributed by atoms with Gasteiger partial charge in [0.1, 0.15) is 23.8 Å². The molecule has 3 aromatic carbocycles. The van der Waals surface area contributed by atoms with E-state index in [9.17, 15) is 22.8 Å². The van der Waals surface area contributed by atoms with Crippen molar-refractivity contribution in [3.8, 4) is 16.9 Å². The van der Waals surface area contributed by atoms with Crippen molar-refractivity contribution >= 4 is 17.7 Å². The monoisotopic (exact) mass is 516 g/mol. The molecule has 0 heterocycles. The van der Waals surface area contributed by atoms with Gasteiger partial charge in [-0.25, -0.2) is 27.8 Å². The van der Waals surface area contributed by atoms with E-state index in [0.717, 1.165) is 11.1 Å². The summed E-state index contributed by atoms with van der Waals surface area (Å²) < 4.78 is 56.9. The lowest BCUT2D eigenvalue weighted by Crippen LogP contribution is -2.38. The first-order valence-electron chi connectivity index (χ1n) is 11.2. The Kier molecular flexibility index (Phi) is 8.31. The summed E-state index contributed by atoms with van der Waals surface area (Å²) in [6.07, 6.45) is -0.668. The van der Waals surface area contributed by atoms with E-state index in [1.807, 2.05) is 0 Å². The molecule has 7 nitrogen and oxygen atoms in total. The minimum Gasteiger partial charge on any atom is -0.489 e. The maximum atomic E-state index is 14.1. The minimum absolute atomic E-state index is 0.0196. The Morgan fingerprint density at radius 3 is 2.22 bits per heavy atom. The van der Waals surface area contributed by atoms with Gasteiger partial charge >= 0.3 is 12.1 Å².